The van der Waals surface area contributed by atoms with Crippen molar-refractivity contribution in [2.75, 3.05) is 30.0 Å². The van der Waals surface area contributed by atoms with Gasteiger partial charge in [-0.15, -0.1) is 0 Å². The number of nitrogens with zero attached hydrogens (tertiary/aromatic N) is 3. The van der Waals surface area contributed by atoms with Gasteiger partial charge < -0.3 is 20.0 Å². The monoisotopic (exact) mass is 649 g/mol. The Hall–Kier alpha value is -3.06. The number of pyridine rings is 1. The van der Waals surface area contributed by atoms with E-state index in [1.807, 2.05) is 0 Å². The predicted octanol–water partition coefficient (Wildman–Crippen LogP) is 6.97. The Bertz CT molecular complexity index is 1500. The summed E-state index contributed by atoms with van der Waals surface area (Å²) in [5, 5.41) is 20.6. The number of aromatic nitrogens is 1. The predicted molar refractivity (Wildman–Crippen MR) is 151 cm³/mol. The maximum Gasteiger partial charge on any atom is 0.416 e. The van der Waals surface area contributed by atoms with Gasteiger partial charge in [-0.05, 0) is 62.2 Å². The molecular weight excluding hydrogens is 623 g/mol. The third kappa shape index (κ3) is 6.57. The molecule has 1 amide bonds. The van der Waals surface area contributed by atoms with Gasteiger partial charge in [0, 0.05) is 34.8 Å². The number of rotatable bonds is 6. The lowest BCUT2D eigenvalue weighted by molar-refractivity contribution is -0.143. The summed E-state index contributed by atoms with van der Waals surface area (Å²) in [6.45, 7) is 2.47. The number of alkyl halides is 6. The van der Waals surface area contributed by atoms with Crippen LogP contribution in [0, 0.1) is 0 Å². The fourth-order valence-corrected chi connectivity index (χ4v) is 5.61. The molecule has 3 aromatic rings. The SMILES string of the molecule is CN(C(=O)C(C)(C)c1cc(C(F)(F)F)cc(C(F)(F)F)c1)c1cnc(N2CC[C@H](O)[C@H]2CO)cc1-c1ccc(Cl)cc1Cl. The molecule has 232 valence electrons. The van der Waals surface area contributed by atoms with E-state index in [0.717, 1.165) is 4.90 Å². The molecule has 0 saturated carbocycles. The summed E-state index contributed by atoms with van der Waals surface area (Å²) in [6, 6.07) is 6.61. The molecule has 2 atom stereocenters. The first-order valence-corrected chi connectivity index (χ1v) is 13.7. The molecule has 1 aromatic heterocycles. The highest BCUT2D eigenvalue weighted by atomic mass is 35.5. The van der Waals surface area contributed by atoms with Crippen molar-refractivity contribution >= 4 is 40.6 Å². The first-order valence-electron chi connectivity index (χ1n) is 13.0. The third-order valence-corrected chi connectivity index (χ3v) is 8.14. The Morgan fingerprint density at radius 3 is 2.09 bits per heavy atom. The molecule has 0 radical (unpaired) electrons. The zero-order chi connectivity index (χ0) is 32.1. The molecule has 2 aromatic carbocycles. The van der Waals surface area contributed by atoms with E-state index in [2.05, 4.69) is 4.98 Å². The number of aliphatic hydroxyl groups is 2. The van der Waals surface area contributed by atoms with E-state index in [9.17, 15) is 41.4 Å². The van der Waals surface area contributed by atoms with Crippen molar-refractivity contribution in [2.45, 2.75) is 50.2 Å². The van der Waals surface area contributed by atoms with Crippen LogP contribution in [-0.4, -0.2) is 53.4 Å². The lowest BCUT2D eigenvalue weighted by Gasteiger charge is -2.32. The van der Waals surface area contributed by atoms with Gasteiger partial charge in [0.05, 0.1) is 47.2 Å². The second-order valence-electron chi connectivity index (χ2n) is 10.8. The lowest BCUT2D eigenvalue weighted by Crippen LogP contribution is -2.42. The fraction of sp³-hybridized carbons (Fsp3) is 0.379. The first kappa shape index (κ1) is 32.8. The quantitative estimate of drug-likeness (QED) is 0.282. The Balaban J connectivity index is 1.84. The summed E-state index contributed by atoms with van der Waals surface area (Å²) in [5.74, 6) is -0.487. The molecule has 0 bridgehead atoms. The van der Waals surface area contributed by atoms with Crippen LogP contribution in [-0.2, 0) is 22.6 Å². The minimum absolute atomic E-state index is 0.00594. The molecule has 0 unspecified atom stereocenters. The summed E-state index contributed by atoms with van der Waals surface area (Å²) in [5.41, 5.74) is -4.53. The maximum atomic E-state index is 13.9. The number of hydrogen-bond donors (Lipinski definition) is 2. The van der Waals surface area contributed by atoms with Crippen LogP contribution in [0.3, 0.4) is 0 Å². The average Bonchev–Trinajstić information content (AvgIpc) is 3.31. The number of hydrogen-bond acceptors (Lipinski definition) is 5. The van der Waals surface area contributed by atoms with Gasteiger partial charge in [-0.25, -0.2) is 4.98 Å². The largest absolute Gasteiger partial charge is 0.416 e. The summed E-state index contributed by atoms with van der Waals surface area (Å²) in [4.78, 5) is 21.1. The van der Waals surface area contributed by atoms with E-state index in [4.69, 9.17) is 23.2 Å². The van der Waals surface area contributed by atoms with Gasteiger partial charge in [0.25, 0.3) is 0 Å². The number of benzene rings is 2. The Morgan fingerprint density at radius 1 is 0.977 bits per heavy atom. The van der Waals surface area contributed by atoms with E-state index in [-0.39, 0.29) is 23.4 Å². The molecular formula is C29H27Cl2F6N3O3. The van der Waals surface area contributed by atoms with E-state index in [1.54, 1.807) is 23.1 Å². The molecule has 1 aliphatic heterocycles. The summed E-state index contributed by atoms with van der Waals surface area (Å²) in [6.07, 6.45) is -9.30. The average molecular weight is 650 g/mol. The zero-order valence-electron chi connectivity index (χ0n) is 23.1. The number of carbonyl (C=O) groups excluding carboxylic acids is 1. The molecule has 1 saturated heterocycles. The smallest absolute Gasteiger partial charge is 0.394 e. The van der Waals surface area contributed by atoms with Gasteiger partial charge in [0.2, 0.25) is 5.91 Å². The van der Waals surface area contributed by atoms with Gasteiger partial charge in [-0.3, -0.25) is 4.79 Å². The lowest BCUT2D eigenvalue weighted by atomic mass is 9.81. The molecule has 0 aliphatic carbocycles. The van der Waals surface area contributed by atoms with Crippen LogP contribution in [0.15, 0.2) is 48.7 Å². The van der Waals surface area contributed by atoms with E-state index < -0.39 is 52.5 Å². The molecule has 14 heteroatoms. The Labute approximate surface area is 253 Å². The molecule has 6 nitrogen and oxygen atoms in total. The van der Waals surface area contributed by atoms with Gasteiger partial charge in [-0.2, -0.15) is 26.3 Å². The standard InChI is InChI=1S/C29H27Cl2F6N3O3/c1-27(2,15-8-16(28(32,33)34)10-17(9-15)29(35,36)37)26(43)39(3)22-13-38-25(40-7-6-24(42)23(40)14-41)12-20(22)19-5-4-18(30)11-21(19)31/h4-5,8-13,23-24,41-42H,6-7,14H2,1-3H3/t23-,24+/m1/s1. The molecule has 2 N–H and O–H groups in total. The number of halogens is 8. The fourth-order valence-electron chi connectivity index (χ4n) is 5.09. The molecule has 2 heterocycles. The van der Waals surface area contributed by atoms with Crippen LogP contribution >= 0.6 is 23.2 Å². The highest BCUT2D eigenvalue weighted by Crippen LogP contribution is 2.42. The number of amides is 1. The minimum Gasteiger partial charge on any atom is -0.394 e. The van der Waals surface area contributed by atoms with Crippen molar-refractivity contribution in [3.8, 4) is 11.1 Å². The van der Waals surface area contributed by atoms with Crippen molar-refractivity contribution in [3.63, 3.8) is 0 Å². The van der Waals surface area contributed by atoms with Gasteiger partial charge in [-0.1, -0.05) is 29.3 Å². The Kier molecular flexibility index (Phi) is 9.01. The van der Waals surface area contributed by atoms with Crippen molar-refractivity contribution in [1.82, 2.24) is 4.98 Å². The van der Waals surface area contributed by atoms with Gasteiger partial charge in [0.15, 0.2) is 0 Å². The van der Waals surface area contributed by atoms with Crippen LogP contribution in [0.2, 0.25) is 10.0 Å². The first-order chi connectivity index (χ1) is 19.9. The second kappa shape index (κ2) is 11.8. The van der Waals surface area contributed by atoms with Crippen LogP contribution in [0.4, 0.5) is 37.8 Å². The van der Waals surface area contributed by atoms with Crippen molar-refractivity contribution in [2.24, 2.45) is 0 Å². The van der Waals surface area contributed by atoms with E-state index in [0.29, 0.717) is 47.1 Å². The summed E-state index contributed by atoms with van der Waals surface area (Å²) >= 11 is 12.6. The van der Waals surface area contributed by atoms with Crippen LogP contribution in [0.5, 0.6) is 0 Å². The van der Waals surface area contributed by atoms with Crippen LogP contribution < -0.4 is 9.80 Å². The molecule has 4 rings (SSSR count). The molecule has 43 heavy (non-hydrogen) atoms. The van der Waals surface area contributed by atoms with Crippen molar-refractivity contribution in [3.05, 3.63) is 75.4 Å². The molecule has 0 spiro atoms. The molecule has 1 aliphatic rings. The highest BCUT2D eigenvalue weighted by molar-refractivity contribution is 6.36. The topological polar surface area (TPSA) is 76.9 Å². The number of likely N-dealkylation sites (N-methyl/N-ethyl adjacent to an activating group) is 1. The van der Waals surface area contributed by atoms with Crippen molar-refractivity contribution < 1.29 is 41.4 Å². The highest BCUT2D eigenvalue weighted by Gasteiger charge is 2.41. The van der Waals surface area contributed by atoms with Crippen molar-refractivity contribution in [1.29, 1.82) is 0 Å². The van der Waals surface area contributed by atoms with Crippen LogP contribution in [0.25, 0.3) is 11.1 Å². The minimum atomic E-state index is -5.09. The maximum absolute atomic E-state index is 13.9. The summed E-state index contributed by atoms with van der Waals surface area (Å²) in [7, 11) is 1.32. The van der Waals surface area contributed by atoms with Gasteiger partial charge >= 0.3 is 12.4 Å². The number of carbonyl (C=O) groups is 1. The van der Waals surface area contributed by atoms with E-state index in [1.165, 1.54) is 33.2 Å². The second-order valence-corrected chi connectivity index (χ2v) is 11.6. The number of anilines is 2. The normalized spacial score (nSPS) is 17.8. The third-order valence-electron chi connectivity index (χ3n) is 7.59. The van der Waals surface area contributed by atoms with Gasteiger partial charge in [0.1, 0.15) is 5.82 Å². The van der Waals surface area contributed by atoms with Crippen LogP contribution in [0.1, 0.15) is 37.0 Å². The van der Waals surface area contributed by atoms with E-state index >= 15 is 0 Å². The Morgan fingerprint density at radius 2 is 1.56 bits per heavy atom. The summed E-state index contributed by atoms with van der Waals surface area (Å²) < 4.78 is 81.4. The molecule has 1 fully saturated rings. The number of aliphatic hydroxyl groups excluding tert-OH is 2. The zero-order valence-corrected chi connectivity index (χ0v) is 24.6.